The molecule has 2 aliphatic rings. The van der Waals surface area contributed by atoms with E-state index in [-0.39, 0.29) is 11.9 Å². The summed E-state index contributed by atoms with van der Waals surface area (Å²) in [5.74, 6) is 0.199. The first-order valence-electron chi connectivity index (χ1n) is 10.2. The van der Waals surface area contributed by atoms with E-state index in [0.717, 1.165) is 55.5 Å². The van der Waals surface area contributed by atoms with Crippen LogP contribution in [0.15, 0.2) is 18.3 Å². The molecule has 29 heavy (non-hydrogen) atoms. The van der Waals surface area contributed by atoms with Crippen LogP contribution in [0.3, 0.4) is 0 Å². The zero-order chi connectivity index (χ0) is 20.4. The van der Waals surface area contributed by atoms with Crippen molar-refractivity contribution in [3.05, 3.63) is 28.9 Å². The Morgan fingerprint density at radius 1 is 1.10 bits per heavy atom. The fourth-order valence-electron chi connectivity index (χ4n) is 4.41. The largest absolute Gasteiger partial charge is 0.351 e. The summed E-state index contributed by atoms with van der Waals surface area (Å²) in [4.78, 5) is 30.0. The number of H-pyrrole nitrogens is 1. The van der Waals surface area contributed by atoms with Crippen molar-refractivity contribution in [1.82, 2.24) is 24.9 Å². The molecule has 3 amide bonds. The van der Waals surface area contributed by atoms with Crippen LogP contribution in [0.2, 0.25) is 5.02 Å². The molecule has 0 radical (unpaired) electrons. The lowest BCUT2D eigenvalue weighted by molar-refractivity contribution is -0.132. The van der Waals surface area contributed by atoms with E-state index in [1.54, 1.807) is 11.1 Å². The standard InChI is InChI=1S/C20H27ClN6O2/c21-17-12-14(11-15-13-23-24-19(15)17)1-2-18(28)26-5-3-16(4-6-26)25-7-9-27(10-8-25)20(22)29/h11-13,16H,1-10H2,(H2,22,29)(H,23,24). The quantitative estimate of drug-likeness (QED) is 0.791. The molecule has 1 aromatic carbocycles. The summed E-state index contributed by atoms with van der Waals surface area (Å²) in [6.07, 6.45) is 4.88. The minimum absolute atomic E-state index is 0.199. The summed E-state index contributed by atoms with van der Waals surface area (Å²) in [5.41, 5.74) is 7.24. The lowest BCUT2D eigenvalue weighted by Crippen LogP contribution is -2.55. The highest BCUT2D eigenvalue weighted by Crippen LogP contribution is 2.24. The van der Waals surface area contributed by atoms with E-state index < -0.39 is 0 Å². The summed E-state index contributed by atoms with van der Waals surface area (Å²) in [7, 11) is 0. The normalized spacial score (nSPS) is 19.1. The Kier molecular flexibility index (Phi) is 5.91. The summed E-state index contributed by atoms with van der Waals surface area (Å²) >= 11 is 6.28. The molecule has 8 nitrogen and oxygen atoms in total. The molecular weight excluding hydrogens is 392 g/mol. The molecule has 0 bridgehead atoms. The van der Waals surface area contributed by atoms with Crippen molar-refractivity contribution < 1.29 is 9.59 Å². The number of nitrogens with one attached hydrogen (secondary N) is 1. The summed E-state index contributed by atoms with van der Waals surface area (Å²) in [6, 6.07) is 4.10. The number of piperazine rings is 1. The number of likely N-dealkylation sites (tertiary alicyclic amines) is 1. The van der Waals surface area contributed by atoms with Crippen molar-refractivity contribution in [2.45, 2.75) is 31.7 Å². The number of urea groups is 1. The molecule has 0 unspecified atom stereocenters. The third kappa shape index (κ3) is 4.48. The minimum Gasteiger partial charge on any atom is -0.351 e. The average molecular weight is 419 g/mol. The zero-order valence-electron chi connectivity index (χ0n) is 16.4. The lowest BCUT2D eigenvalue weighted by Gasteiger charge is -2.42. The number of primary amides is 1. The number of nitrogens with two attached hydrogens (primary N) is 1. The molecule has 0 spiro atoms. The second-order valence-corrected chi connectivity index (χ2v) is 8.29. The summed E-state index contributed by atoms with van der Waals surface area (Å²) in [5, 5.41) is 8.51. The fourth-order valence-corrected chi connectivity index (χ4v) is 4.71. The maximum absolute atomic E-state index is 12.7. The van der Waals surface area contributed by atoms with Gasteiger partial charge in [0.1, 0.15) is 0 Å². The van der Waals surface area contributed by atoms with Gasteiger partial charge in [0.05, 0.1) is 16.7 Å². The van der Waals surface area contributed by atoms with Crippen LogP contribution in [0.4, 0.5) is 4.79 Å². The van der Waals surface area contributed by atoms with Gasteiger partial charge in [-0.2, -0.15) is 5.10 Å². The van der Waals surface area contributed by atoms with Gasteiger partial charge in [-0.3, -0.25) is 14.8 Å². The Bertz CT molecular complexity index is 884. The van der Waals surface area contributed by atoms with Crippen molar-refractivity contribution >= 4 is 34.4 Å². The van der Waals surface area contributed by atoms with E-state index in [1.807, 2.05) is 17.0 Å². The highest BCUT2D eigenvalue weighted by Gasteiger charge is 2.29. The van der Waals surface area contributed by atoms with Crippen molar-refractivity contribution in [2.24, 2.45) is 5.73 Å². The topological polar surface area (TPSA) is 98.6 Å². The number of nitrogens with zero attached hydrogens (tertiary/aromatic N) is 4. The molecule has 156 valence electrons. The van der Waals surface area contributed by atoms with Crippen LogP contribution in [0, 0.1) is 0 Å². The third-order valence-corrected chi connectivity index (χ3v) is 6.45. The number of rotatable bonds is 4. The van der Waals surface area contributed by atoms with Gasteiger partial charge in [0, 0.05) is 57.1 Å². The lowest BCUT2D eigenvalue weighted by atomic mass is 10.0. The Balaban J connectivity index is 1.24. The van der Waals surface area contributed by atoms with Crippen LogP contribution >= 0.6 is 11.6 Å². The number of carbonyl (C=O) groups excluding carboxylic acids is 2. The van der Waals surface area contributed by atoms with Crippen molar-refractivity contribution in [1.29, 1.82) is 0 Å². The third-order valence-electron chi connectivity index (χ3n) is 6.15. The van der Waals surface area contributed by atoms with E-state index in [0.29, 0.717) is 37.0 Å². The molecule has 2 saturated heterocycles. The number of aromatic amines is 1. The van der Waals surface area contributed by atoms with Gasteiger partial charge in [-0.15, -0.1) is 0 Å². The molecular formula is C20H27ClN6O2. The molecule has 1 aromatic heterocycles. The number of halogens is 1. The van der Waals surface area contributed by atoms with Crippen LogP contribution in [0.25, 0.3) is 10.9 Å². The van der Waals surface area contributed by atoms with Gasteiger partial charge in [0.25, 0.3) is 0 Å². The zero-order valence-corrected chi connectivity index (χ0v) is 17.2. The van der Waals surface area contributed by atoms with Crippen LogP contribution in [0.5, 0.6) is 0 Å². The van der Waals surface area contributed by atoms with Gasteiger partial charge in [-0.1, -0.05) is 11.6 Å². The van der Waals surface area contributed by atoms with Gasteiger partial charge < -0.3 is 15.5 Å². The molecule has 4 rings (SSSR count). The Morgan fingerprint density at radius 3 is 2.52 bits per heavy atom. The maximum atomic E-state index is 12.7. The Labute approximate surface area is 174 Å². The second-order valence-electron chi connectivity index (χ2n) is 7.89. The van der Waals surface area contributed by atoms with Crippen LogP contribution in [-0.2, 0) is 11.2 Å². The number of fused-ring (bicyclic) bond motifs is 1. The number of aryl methyl sites for hydroxylation is 1. The van der Waals surface area contributed by atoms with Crippen molar-refractivity contribution in [3.8, 4) is 0 Å². The first-order chi connectivity index (χ1) is 14.0. The van der Waals surface area contributed by atoms with E-state index in [2.05, 4.69) is 15.1 Å². The monoisotopic (exact) mass is 418 g/mol. The van der Waals surface area contributed by atoms with Crippen molar-refractivity contribution in [3.63, 3.8) is 0 Å². The predicted molar refractivity (Wildman–Crippen MR) is 112 cm³/mol. The first kappa shape index (κ1) is 20.0. The Hall–Kier alpha value is -2.32. The first-order valence-corrected chi connectivity index (χ1v) is 10.6. The molecule has 0 aliphatic carbocycles. The highest BCUT2D eigenvalue weighted by atomic mass is 35.5. The van der Waals surface area contributed by atoms with Crippen molar-refractivity contribution in [2.75, 3.05) is 39.3 Å². The van der Waals surface area contributed by atoms with Gasteiger partial charge >= 0.3 is 6.03 Å². The number of benzene rings is 1. The van der Waals surface area contributed by atoms with Gasteiger partial charge in [0.15, 0.2) is 0 Å². The van der Waals surface area contributed by atoms with Crippen LogP contribution < -0.4 is 5.73 Å². The molecule has 0 atom stereocenters. The summed E-state index contributed by atoms with van der Waals surface area (Å²) in [6.45, 7) is 4.69. The Morgan fingerprint density at radius 2 is 1.83 bits per heavy atom. The van der Waals surface area contributed by atoms with Gasteiger partial charge in [-0.05, 0) is 37.0 Å². The molecule has 0 saturated carbocycles. The molecule has 3 heterocycles. The van der Waals surface area contributed by atoms with E-state index in [4.69, 9.17) is 17.3 Å². The molecule has 2 aromatic rings. The summed E-state index contributed by atoms with van der Waals surface area (Å²) < 4.78 is 0. The number of carbonyl (C=O) groups is 2. The number of aromatic nitrogens is 2. The van der Waals surface area contributed by atoms with E-state index in [9.17, 15) is 9.59 Å². The molecule has 2 aliphatic heterocycles. The number of amides is 3. The van der Waals surface area contributed by atoms with E-state index in [1.165, 1.54) is 0 Å². The van der Waals surface area contributed by atoms with Crippen LogP contribution in [-0.4, -0.2) is 82.1 Å². The number of hydrogen-bond acceptors (Lipinski definition) is 4. The minimum atomic E-state index is -0.335. The molecule has 3 N–H and O–H groups in total. The van der Waals surface area contributed by atoms with Gasteiger partial charge in [0.2, 0.25) is 5.91 Å². The average Bonchev–Trinajstić information content (AvgIpc) is 3.21. The smallest absolute Gasteiger partial charge is 0.314 e. The van der Waals surface area contributed by atoms with Crippen LogP contribution in [0.1, 0.15) is 24.8 Å². The van der Waals surface area contributed by atoms with E-state index >= 15 is 0 Å². The maximum Gasteiger partial charge on any atom is 0.314 e. The predicted octanol–water partition coefficient (Wildman–Crippen LogP) is 1.84. The number of piperidine rings is 1. The molecule has 2 fully saturated rings. The molecule has 9 heteroatoms. The fraction of sp³-hybridized carbons (Fsp3) is 0.550. The second kappa shape index (κ2) is 8.59. The highest BCUT2D eigenvalue weighted by molar-refractivity contribution is 6.35. The van der Waals surface area contributed by atoms with Gasteiger partial charge in [-0.25, -0.2) is 4.79 Å². The number of hydrogen-bond donors (Lipinski definition) is 2. The SMILES string of the molecule is NC(=O)N1CCN(C2CCN(C(=O)CCc3cc(Cl)c4[nH]ncc4c3)CC2)CC1.